The van der Waals surface area contributed by atoms with Gasteiger partial charge in [0.05, 0.1) is 35.1 Å². The fourth-order valence-electron chi connectivity index (χ4n) is 3.91. The van der Waals surface area contributed by atoms with E-state index >= 15 is 0 Å². The third kappa shape index (κ3) is 6.52. The zero-order valence-corrected chi connectivity index (χ0v) is 19.8. The molecule has 3 N–H and O–H groups in total. The number of nitrogens with one attached hydrogen (secondary N) is 3. The van der Waals surface area contributed by atoms with E-state index in [4.69, 9.17) is 5.41 Å². The first-order chi connectivity index (χ1) is 16.8. The zero-order valence-electron chi connectivity index (χ0n) is 19.8. The predicted octanol–water partition coefficient (Wildman–Crippen LogP) is 4.84. The van der Waals surface area contributed by atoms with Crippen LogP contribution >= 0.6 is 0 Å². The van der Waals surface area contributed by atoms with Crippen LogP contribution in [0.3, 0.4) is 0 Å². The van der Waals surface area contributed by atoms with E-state index in [0.717, 1.165) is 16.7 Å². The van der Waals surface area contributed by atoms with Crippen LogP contribution < -0.4 is 10.7 Å². The minimum atomic E-state index is -4.59. The summed E-state index contributed by atoms with van der Waals surface area (Å²) in [5.41, 5.74) is 3.16. The average Bonchev–Trinajstić information content (AvgIpc) is 2.80. The van der Waals surface area contributed by atoms with E-state index in [1.165, 1.54) is 0 Å². The summed E-state index contributed by atoms with van der Waals surface area (Å²) in [5.74, 6) is -4.54. The third-order valence-corrected chi connectivity index (χ3v) is 5.76. The molecule has 1 aromatic carbocycles. The van der Waals surface area contributed by atoms with Gasteiger partial charge in [-0.1, -0.05) is 18.6 Å². The molecule has 194 valence electrons. The summed E-state index contributed by atoms with van der Waals surface area (Å²) >= 11 is 0. The van der Waals surface area contributed by atoms with Gasteiger partial charge in [0.15, 0.2) is 0 Å². The molecular weight excluding hydrogens is 485 g/mol. The number of carbonyl (C=O) groups excluding carboxylic acids is 1. The van der Waals surface area contributed by atoms with Gasteiger partial charge in [0, 0.05) is 31.6 Å². The first kappa shape index (κ1) is 27.0. The Hall–Kier alpha value is -3.64. The molecule has 2 atom stereocenters. The van der Waals surface area contributed by atoms with Crippen molar-refractivity contribution in [2.75, 3.05) is 23.8 Å². The Morgan fingerprint density at radius 1 is 1.31 bits per heavy atom. The molecule has 0 spiro atoms. The normalized spacial score (nSPS) is 20.1. The number of hydrogen-bond acceptors (Lipinski definition) is 7. The van der Waals surface area contributed by atoms with Gasteiger partial charge in [-0.15, -0.1) is 0 Å². The standard InChI is InChI=1S/C23H26F5N7O/c1-13-4-5-18(34-33-15(3)8-29)17(6-13)20(36)35-12-22(24,25)7-14(2)19(35)11-32-21-30-9-16(10-31-21)23(26,27)28/h4-6,8-10,14,19,29,34H,7,11-12H2,1-3H3,(H,30,31,32)/b29-8?,33-15-/t14-,19?/m1/s1. The summed E-state index contributed by atoms with van der Waals surface area (Å²) in [6.45, 7) is 4.04. The van der Waals surface area contributed by atoms with Crippen molar-refractivity contribution in [2.24, 2.45) is 11.0 Å². The molecule has 1 saturated heterocycles. The highest BCUT2D eigenvalue weighted by Gasteiger charge is 2.46. The molecule has 0 saturated carbocycles. The number of likely N-dealkylation sites (tertiary alicyclic amines) is 1. The van der Waals surface area contributed by atoms with Gasteiger partial charge >= 0.3 is 6.18 Å². The van der Waals surface area contributed by atoms with Gasteiger partial charge in [0.1, 0.15) is 0 Å². The fraction of sp³-hybridized carbons (Fsp3) is 0.435. The molecule has 1 fully saturated rings. The van der Waals surface area contributed by atoms with Crippen molar-refractivity contribution in [3.63, 3.8) is 0 Å². The highest BCUT2D eigenvalue weighted by atomic mass is 19.4. The van der Waals surface area contributed by atoms with Crippen LogP contribution in [0.25, 0.3) is 0 Å². The van der Waals surface area contributed by atoms with E-state index in [1.807, 2.05) is 0 Å². The summed E-state index contributed by atoms with van der Waals surface area (Å²) in [5, 5.41) is 14.0. The van der Waals surface area contributed by atoms with E-state index in [1.54, 1.807) is 39.0 Å². The Labute approximate surface area is 204 Å². The van der Waals surface area contributed by atoms with Gasteiger partial charge in [-0.3, -0.25) is 10.2 Å². The quantitative estimate of drug-likeness (QED) is 0.280. The molecular formula is C23H26F5N7O. The average molecular weight is 511 g/mol. The number of alkyl halides is 5. The molecule has 0 radical (unpaired) electrons. The van der Waals surface area contributed by atoms with Gasteiger partial charge < -0.3 is 15.6 Å². The van der Waals surface area contributed by atoms with Crippen molar-refractivity contribution in [1.82, 2.24) is 14.9 Å². The van der Waals surface area contributed by atoms with Crippen molar-refractivity contribution in [3.8, 4) is 0 Å². The molecule has 2 aromatic rings. The number of rotatable bonds is 7. The Morgan fingerprint density at radius 2 is 1.97 bits per heavy atom. The predicted molar refractivity (Wildman–Crippen MR) is 126 cm³/mol. The number of aryl methyl sites for hydroxylation is 1. The fourth-order valence-corrected chi connectivity index (χ4v) is 3.91. The van der Waals surface area contributed by atoms with Crippen molar-refractivity contribution < 1.29 is 26.7 Å². The van der Waals surface area contributed by atoms with Gasteiger partial charge in [-0.05, 0) is 31.9 Å². The van der Waals surface area contributed by atoms with Crippen LogP contribution in [0, 0.1) is 18.3 Å². The maximum Gasteiger partial charge on any atom is 0.419 e. The van der Waals surface area contributed by atoms with Crippen LogP contribution in [0.4, 0.5) is 33.6 Å². The van der Waals surface area contributed by atoms with E-state index in [-0.39, 0.29) is 23.7 Å². The summed E-state index contributed by atoms with van der Waals surface area (Å²) in [4.78, 5) is 21.9. The number of hydrazone groups is 1. The van der Waals surface area contributed by atoms with Crippen molar-refractivity contribution in [2.45, 2.75) is 45.3 Å². The molecule has 3 rings (SSSR count). The Morgan fingerprint density at radius 3 is 2.58 bits per heavy atom. The number of piperidine rings is 1. The molecule has 1 aromatic heterocycles. The van der Waals surface area contributed by atoms with Crippen molar-refractivity contribution >= 4 is 29.5 Å². The van der Waals surface area contributed by atoms with Crippen molar-refractivity contribution in [3.05, 3.63) is 47.3 Å². The number of halogens is 5. The van der Waals surface area contributed by atoms with Crippen LogP contribution in [-0.4, -0.2) is 57.8 Å². The smallest absolute Gasteiger partial charge is 0.352 e. The maximum absolute atomic E-state index is 14.5. The molecule has 1 aliphatic rings. The number of hydrogen-bond donors (Lipinski definition) is 3. The molecule has 8 nitrogen and oxygen atoms in total. The second-order valence-electron chi connectivity index (χ2n) is 8.77. The van der Waals surface area contributed by atoms with Gasteiger partial charge in [0.2, 0.25) is 5.95 Å². The lowest BCUT2D eigenvalue weighted by Gasteiger charge is -2.43. The molecule has 1 unspecified atom stereocenters. The van der Waals surface area contributed by atoms with Gasteiger partial charge in [-0.25, -0.2) is 18.7 Å². The molecule has 0 bridgehead atoms. The Balaban J connectivity index is 1.88. The number of nitrogens with zero attached hydrogens (tertiary/aromatic N) is 4. The van der Waals surface area contributed by atoms with E-state index in [0.29, 0.717) is 18.1 Å². The molecule has 2 heterocycles. The SMILES string of the molecule is C/C(C=N)=N/Nc1ccc(C)cc1C(=O)N1CC(F)(F)C[C@@H](C)C1CNc1ncc(C(F)(F)F)cn1. The molecule has 0 aliphatic carbocycles. The Bertz CT molecular complexity index is 1130. The lowest BCUT2D eigenvalue weighted by molar-refractivity contribution is -0.138. The van der Waals surface area contributed by atoms with Crippen LogP contribution in [0.1, 0.15) is 41.8 Å². The number of amides is 1. The molecule has 1 amide bonds. The second kappa shape index (κ2) is 10.5. The zero-order chi connectivity index (χ0) is 26.7. The monoisotopic (exact) mass is 511 g/mol. The first-order valence-electron chi connectivity index (χ1n) is 11.0. The van der Waals surface area contributed by atoms with Crippen LogP contribution in [-0.2, 0) is 6.18 Å². The maximum atomic E-state index is 14.5. The summed E-state index contributed by atoms with van der Waals surface area (Å²) in [7, 11) is 0. The van der Waals surface area contributed by atoms with Crippen LogP contribution in [0.2, 0.25) is 0 Å². The molecule has 13 heteroatoms. The number of anilines is 2. The van der Waals surface area contributed by atoms with E-state index in [9.17, 15) is 26.7 Å². The largest absolute Gasteiger partial charge is 0.419 e. The van der Waals surface area contributed by atoms with Gasteiger partial charge in [-0.2, -0.15) is 18.3 Å². The lowest BCUT2D eigenvalue weighted by Crippen LogP contribution is -2.57. The number of benzene rings is 1. The highest BCUT2D eigenvalue weighted by Crippen LogP contribution is 2.36. The number of aromatic nitrogens is 2. The topological polar surface area (TPSA) is 106 Å². The van der Waals surface area contributed by atoms with Crippen LogP contribution in [0.15, 0.2) is 35.7 Å². The second-order valence-corrected chi connectivity index (χ2v) is 8.77. The minimum Gasteiger partial charge on any atom is -0.352 e. The van der Waals surface area contributed by atoms with E-state index in [2.05, 4.69) is 25.8 Å². The number of carbonyl (C=O) groups is 1. The summed E-state index contributed by atoms with van der Waals surface area (Å²) in [6.07, 6.45) is -2.79. The first-order valence-corrected chi connectivity index (χ1v) is 11.0. The molecule has 36 heavy (non-hydrogen) atoms. The summed E-state index contributed by atoms with van der Waals surface area (Å²) in [6, 6.07) is 4.16. The Kier molecular flexibility index (Phi) is 7.89. The third-order valence-electron chi connectivity index (χ3n) is 5.76. The van der Waals surface area contributed by atoms with Crippen LogP contribution in [0.5, 0.6) is 0 Å². The van der Waals surface area contributed by atoms with E-state index < -0.39 is 48.5 Å². The van der Waals surface area contributed by atoms with Gasteiger partial charge in [0.25, 0.3) is 11.8 Å². The molecule has 1 aliphatic heterocycles. The lowest BCUT2D eigenvalue weighted by atomic mass is 9.87. The minimum absolute atomic E-state index is 0.0476. The summed E-state index contributed by atoms with van der Waals surface area (Å²) < 4.78 is 67.4. The van der Waals surface area contributed by atoms with Crippen molar-refractivity contribution in [1.29, 1.82) is 5.41 Å². The highest BCUT2D eigenvalue weighted by molar-refractivity contribution is 6.28.